The molecule has 1 amide bonds. The van der Waals surface area contributed by atoms with Crippen molar-refractivity contribution in [3.8, 4) is 5.75 Å². The van der Waals surface area contributed by atoms with Crippen LogP contribution < -0.4 is 10.1 Å². The van der Waals surface area contributed by atoms with Gasteiger partial charge >= 0.3 is 0 Å². The second-order valence-corrected chi connectivity index (χ2v) is 5.06. The highest BCUT2D eigenvalue weighted by atomic mass is 35.5. The minimum atomic E-state index is -0.296. The van der Waals surface area contributed by atoms with Gasteiger partial charge in [-0.2, -0.15) is 0 Å². The van der Waals surface area contributed by atoms with Crippen molar-refractivity contribution in [2.75, 3.05) is 11.9 Å². The van der Waals surface area contributed by atoms with Gasteiger partial charge in [0, 0.05) is 0 Å². The molecule has 0 saturated carbocycles. The summed E-state index contributed by atoms with van der Waals surface area (Å²) in [6, 6.07) is 12.4. The summed E-state index contributed by atoms with van der Waals surface area (Å²) < 4.78 is 5.35. The number of nitrogens with one attached hydrogen (secondary N) is 1. The molecule has 1 N–H and O–H groups in total. The zero-order valence-corrected chi connectivity index (χ0v) is 12.3. The Morgan fingerprint density at radius 1 is 1.15 bits per heavy atom. The van der Waals surface area contributed by atoms with Crippen LogP contribution in [0.15, 0.2) is 42.5 Å². The highest BCUT2D eigenvalue weighted by molar-refractivity contribution is 6.33. The maximum absolute atomic E-state index is 11.8. The van der Waals surface area contributed by atoms with Crippen LogP contribution in [0.25, 0.3) is 0 Å². The van der Waals surface area contributed by atoms with E-state index in [0.717, 1.165) is 5.56 Å². The molecular formula is C15H13Cl2NO2. The number of carbonyl (C=O) groups excluding carboxylic acids is 1. The Morgan fingerprint density at radius 3 is 2.60 bits per heavy atom. The molecule has 2 rings (SSSR count). The molecule has 0 aromatic heterocycles. The number of carbonyl (C=O) groups is 1. The predicted molar refractivity (Wildman–Crippen MR) is 81.8 cm³/mol. The fraction of sp³-hybridized carbons (Fsp3) is 0.133. The lowest BCUT2D eigenvalue weighted by molar-refractivity contribution is -0.118. The third kappa shape index (κ3) is 3.89. The van der Waals surface area contributed by atoms with Gasteiger partial charge in [0.05, 0.1) is 15.7 Å². The highest BCUT2D eigenvalue weighted by Gasteiger charge is 2.08. The van der Waals surface area contributed by atoms with E-state index in [0.29, 0.717) is 21.5 Å². The molecule has 2 aromatic carbocycles. The number of amides is 1. The van der Waals surface area contributed by atoms with Gasteiger partial charge in [-0.15, -0.1) is 0 Å². The van der Waals surface area contributed by atoms with Crippen molar-refractivity contribution in [3.05, 3.63) is 58.1 Å². The Balaban J connectivity index is 1.94. The molecule has 0 saturated heterocycles. The molecule has 104 valence electrons. The molecular weight excluding hydrogens is 297 g/mol. The minimum Gasteiger partial charge on any atom is -0.482 e. The van der Waals surface area contributed by atoms with Gasteiger partial charge in [0.15, 0.2) is 6.61 Å². The van der Waals surface area contributed by atoms with Crippen LogP contribution in [0.1, 0.15) is 5.56 Å². The fourth-order valence-electron chi connectivity index (χ4n) is 1.61. The van der Waals surface area contributed by atoms with Crippen LogP contribution in [0.4, 0.5) is 5.69 Å². The summed E-state index contributed by atoms with van der Waals surface area (Å²) in [5, 5.41) is 3.65. The Morgan fingerprint density at radius 2 is 1.90 bits per heavy atom. The SMILES string of the molecule is Cc1ccc(NC(=O)COc2ccccc2Cl)c(Cl)c1. The molecule has 0 aliphatic rings. The van der Waals surface area contributed by atoms with Crippen molar-refractivity contribution in [3.63, 3.8) is 0 Å². The van der Waals surface area contributed by atoms with Crippen molar-refractivity contribution in [2.45, 2.75) is 6.92 Å². The van der Waals surface area contributed by atoms with Crippen LogP contribution in [0.5, 0.6) is 5.75 Å². The number of anilines is 1. The topological polar surface area (TPSA) is 38.3 Å². The number of benzene rings is 2. The zero-order valence-electron chi connectivity index (χ0n) is 10.8. The Hall–Kier alpha value is -1.71. The fourth-order valence-corrected chi connectivity index (χ4v) is 2.09. The van der Waals surface area contributed by atoms with E-state index >= 15 is 0 Å². The van der Waals surface area contributed by atoms with Gasteiger partial charge in [0.1, 0.15) is 5.75 Å². The van der Waals surface area contributed by atoms with Crippen molar-refractivity contribution in [2.24, 2.45) is 0 Å². The van der Waals surface area contributed by atoms with Crippen molar-refractivity contribution in [1.29, 1.82) is 0 Å². The molecule has 0 fully saturated rings. The van der Waals surface area contributed by atoms with E-state index in [1.54, 1.807) is 36.4 Å². The van der Waals surface area contributed by atoms with E-state index in [9.17, 15) is 4.79 Å². The Kier molecular flexibility index (Phi) is 4.88. The minimum absolute atomic E-state index is 0.131. The second-order valence-electron chi connectivity index (χ2n) is 4.25. The van der Waals surface area contributed by atoms with E-state index in [4.69, 9.17) is 27.9 Å². The van der Waals surface area contributed by atoms with Crippen LogP contribution in [0.3, 0.4) is 0 Å². The summed E-state index contributed by atoms with van der Waals surface area (Å²) in [7, 11) is 0. The summed E-state index contributed by atoms with van der Waals surface area (Å²) in [6.45, 7) is 1.80. The first-order chi connectivity index (χ1) is 9.56. The van der Waals surface area contributed by atoms with E-state index in [-0.39, 0.29) is 12.5 Å². The number of aryl methyl sites for hydroxylation is 1. The summed E-state index contributed by atoms with van der Waals surface area (Å²) in [5.74, 6) is 0.176. The molecule has 20 heavy (non-hydrogen) atoms. The Bertz CT molecular complexity index is 629. The first-order valence-corrected chi connectivity index (χ1v) is 6.75. The molecule has 0 bridgehead atoms. The normalized spacial score (nSPS) is 10.2. The largest absolute Gasteiger partial charge is 0.482 e. The van der Waals surface area contributed by atoms with Crippen LogP contribution in [-0.4, -0.2) is 12.5 Å². The van der Waals surface area contributed by atoms with E-state index in [2.05, 4.69) is 5.32 Å². The first kappa shape index (κ1) is 14.7. The Labute approximate surface area is 127 Å². The third-order valence-electron chi connectivity index (χ3n) is 2.59. The number of hydrogen-bond donors (Lipinski definition) is 1. The molecule has 0 heterocycles. The average molecular weight is 310 g/mol. The summed E-state index contributed by atoms with van der Waals surface area (Å²) in [5.41, 5.74) is 1.59. The maximum Gasteiger partial charge on any atom is 0.262 e. The van der Waals surface area contributed by atoms with E-state index in [1.807, 2.05) is 13.0 Å². The van der Waals surface area contributed by atoms with Gasteiger partial charge in [-0.3, -0.25) is 4.79 Å². The number of ether oxygens (including phenoxy) is 1. The molecule has 0 aliphatic carbocycles. The second kappa shape index (κ2) is 6.64. The summed E-state index contributed by atoms with van der Waals surface area (Å²) in [6.07, 6.45) is 0. The molecule has 0 radical (unpaired) electrons. The van der Waals surface area contributed by atoms with Crippen LogP contribution >= 0.6 is 23.2 Å². The number of halogens is 2. The van der Waals surface area contributed by atoms with Crippen LogP contribution in [-0.2, 0) is 4.79 Å². The number of para-hydroxylation sites is 1. The molecule has 5 heteroatoms. The zero-order chi connectivity index (χ0) is 14.5. The molecule has 0 atom stereocenters. The molecule has 2 aromatic rings. The quantitative estimate of drug-likeness (QED) is 0.913. The van der Waals surface area contributed by atoms with Crippen molar-refractivity contribution in [1.82, 2.24) is 0 Å². The monoisotopic (exact) mass is 309 g/mol. The molecule has 3 nitrogen and oxygen atoms in total. The molecule has 0 unspecified atom stereocenters. The molecule has 0 spiro atoms. The van der Waals surface area contributed by atoms with Gasteiger partial charge in [-0.1, -0.05) is 41.4 Å². The van der Waals surface area contributed by atoms with Gasteiger partial charge in [0.25, 0.3) is 5.91 Å². The van der Waals surface area contributed by atoms with Gasteiger partial charge in [-0.25, -0.2) is 0 Å². The van der Waals surface area contributed by atoms with Crippen LogP contribution in [0, 0.1) is 6.92 Å². The maximum atomic E-state index is 11.8. The van der Waals surface area contributed by atoms with Gasteiger partial charge in [0.2, 0.25) is 0 Å². The number of rotatable bonds is 4. The lowest BCUT2D eigenvalue weighted by Gasteiger charge is -2.10. The lowest BCUT2D eigenvalue weighted by atomic mass is 10.2. The summed E-state index contributed by atoms with van der Waals surface area (Å²) >= 11 is 12.0. The van der Waals surface area contributed by atoms with Crippen LogP contribution in [0.2, 0.25) is 10.0 Å². The van der Waals surface area contributed by atoms with Gasteiger partial charge in [-0.05, 0) is 36.8 Å². The van der Waals surface area contributed by atoms with Crippen molar-refractivity contribution < 1.29 is 9.53 Å². The third-order valence-corrected chi connectivity index (χ3v) is 3.22. The van der Waals surface area contributed by atoms with Crippen molar-refractivity contribution >= 4 is 34.8 Å². The smallest absolute Gasteiger partial charge is 0.262 e. The highest BCUT2D eigenvalue weighted by Crippen LogP contribution is 2.24. The van der Waals surface area contributed by atoms with Gasteiger partial charge < -0.3 is 10.1 Å². The first-order valence-electron chi connectivity index (χ1n) is 5.99. The number of hydrogen-bond acceptors (Lipinski definition) is 2. The lowest BCUT2D eigenvalue weighted by Crippen LogP contribution is -2.20. The van der Waals surface area contributed by atoms with E-state index in [1.165, 1.54) is 0 Å². The predicted octanol–water partition coefficient (Wildman–Crippen LogP) is 4.32. The average Bonchev–Trinajstić information content (AvgIpc) is 2.41. The summed E-state index contributed by atoms with van der Waals surface area (Å²) in [4.78, 5) is 11.8. The molecule has 0 aliphatic heterocycles. The van der Waals surface area contributed by atoms with E-state index < -0.39 is 0 Å². The standard InChI is InChI=1S/C15H13Cl2NO2/c1-10-6-7-13(12(17)8-10)18-15(19)9-20-14-5-3-2-4-11(14)16/h2-8H,9H2,1H3,(H,18,19).